The Balaban J connectivity index is 1.79. The third kappa shape index (κ3) is 3.92. The Bertz CT molecular complexity index is 744. The van der Waals surface area contributed by atoms with Crippen molar-refractivity contribution in [1.29, 1.82) is 0 Å². The molecule has 0 radical (unpaired) electrons. The van der Waals surface area contributed by atoms with E-state index < -0.39 is 0 Å². The van der Waals surface area contributed by atoms with Crippen LogP contribution < -0.4 is 0 Å². The van der Waals surface area contributed by atoms with Crippen LogP contribution in [0.1, 0.15) is 24.5 Å². The van der Waals surface area contributed by atoms with Crippen LogP contribution in [0.15, 0.2) is 70.9 Å². The molecule has 0 spiro atoms. The van der Waals surface area contributed by atoms with Gasteiger partial charge >= 0.3 is 0 Å². The summed E-state index contributed by atoms with van der Waals surface area (Å²) in [5.74, 6) is 0.111. The van der Waals surface area contributed by atoms with Gasteiger partial charge in [0.25, 0.3) is 0 Å². The van der Waals surface area contributed by atoms with E-state index in [1.165, 1.54) is 11.8 Å². The van der Waals surface area contributed by atoms with Crippen molar-refractivity contribution in [3.63, 3.8) is 0 Å². The summed E-state index contributed by atoms with van der Waals surface area (Å²) in [4.78, 5) is 14.3. The van der Waals surface area contributed by atoms with E-state index in [1.54, 1.807) is 11.1 Å². The number of hydrogen-bond donors (Lipinski definition) is 0. The Hall–Kier alpha value is -2.40. The second-order valence-corrected chi connectivity index (χ2v) is 6.63. The summed E-state index contributed by atoms with van der Waals surface area (Å²) >= 11 is 1.49. The van der Waals surface area contributed by atoms with Crippen molar-refractivity contribution in [3.05, 3.63) is 71.8 Å². The number of hydrogen-bond acceptors (Lipinski definition) is 4. The van der Waals surface area contributed by atoms with Gasteiger partial charge in [0.1, 0.15) is 0 Å². The molecule has 0 unspecified atom stereocenters. The molecule has 1 fully saturated rings. The van der Waals surface area contributed by atoms with Gasteiger partial charge in [-0.25, -0.2) is 0 Å². The zero-order valence-corrected chi connectivity index (χ0v) is 14.3. The predicted octanol–water partition coefficient (Wildman–Crippen LogP) is 3.93. The Morgan fingerprint density at radius 1 is 1.08 bits per heavy atom. The smallest absolute Gasteiger partial charge is 0.242 e. The monoisotopic (exact) mass is 337 g/mol. The molecular formula is C19H19N3OS. The van der Waals surface area contributed by atoms with Crippen molar-refractivity contribution in [1.82, 2.24) is 4.90 Å². The molecule has 0 aliphatic carbocycles. The lowest BCUT2D eigenvalue weighted by Crippen LogP contribution is -2.31. The largest absolute Gasteiger partial charge is 0.284 e. The zero-order chi connectivity index (χ0) is 16.8. The average molecular weight is 337 g/mol. The number of benzene rings is 2. The number of rotatable bonds is 5. The molecule has 0 saturated carbocycles. The molecule has 1 aliphatic rings. The summed E-state index contributed by atoms with van der Waals surface area (Å²) in [6.07, 6.45) is 2.49. The number of amidine groups is 1. The van der Waals surface area contributed by atoms with Gasteiger partial charge in [0.05, 0.1) is 18.0 Å². The molecular weight excluding hydrogens is 318 g/mol. The molecule has 1 atom stereocenters. The molecule has 1 saturated heterocycles. The van der Waals surface area contributed by atoms with E-state index in [0.29, 0.717) is 11.7 Å². The Morgan fingerprint density at radius 3 is 2.42 bits per heavy atom. The fourth-order valence-corrected chi connectivity index (χ4v) is 3.47. The van der Waals surface area contributed by atoms with Crippen molar-refractivity contribution >= 4 is 29.1 Å². The van der Waals surface area contributed by atoms with E-state index in [1.807, 2.05) is 67.6 Å². The predicted molar refractivity (Wildman–Crippen MR) is 100 cm³/mol. The minimum absolute atomic E-state index is 0.0700. The average Bonchev–Trinajstić information content (AvgIpc) is 2.92. The van der Waals surface area contributed by atoms with Crippen molar-refractivity contribution in [2.24, 2.45) is 10.2 Å². The first-order valence-electron chi connectivity index (χ1n) is 7.96. The van der Waals surface area contributed by atoms with Crippen LogP contribution in [0, 0.1) is 0 Å². The van der Waals surface area contributed by atoms with Gasteiger partial charge in [0.15, 0.2) is 5.17 Å². The van der Waals surface area contributed by atoms with E-state index in [0.717, 1.165) is 17.5 Å². The molecule has 4 nitrogen and oxygen atoms in total. The molecule has 1 aliphatic heterocycles. The summed E-state index contributed by atoms with van der Waals surface area (Å²) in [6, 6.07) is 19.8. The summed E-state index contributed by atoms with van der Waals surface area (Å²) in [5.41, 5.74) is 2.07. The zero-order valence-electron chi connectivity index (χ0n) is 13.5. The highest BCUT2D eigenvalue weighted by Crippen LogP contribution is 2.30. The van der Waals surface area contributed by atoms with Gasteiger partial charge in [-0.1, -0.05) is 79.3 Å². The van der Waals surface area contributed by atoms with Gasteiger partial charge in [-0.15, -0.1) is 5.10 Å². The van der Waals surface area contributed by atoms with E-state index in [4.69, 9.17) is 0 Å². The van der Waals surface area contributed by atoms with Gasteiger partial charge in [-0.05, 0) is 17.5 Å². The molecule has 0 N–H and O–H groups in total. The van der Waals surface area contributed by atoms with Gasteiger partial charge in [0.2, 0.25) is 5.91 Å². The molecule has 0 bridgehead atoms. The Kier molecular flexibility index (Phi) is 5.43. The van der Waals surface area contributed by atoms with Crippen LogP contribution >= 0.6 is 11.8 Å². The maximum atomic E-state index is 12.6. The van der Waals surface area contributed by atoms with Crippen LogP contribution in [-0.4, -0.2) is 27.4 Å². The highest BCUT2D eigenvalue weighted by atomic mass is 32.2. The summed E-state index contributed by atoms with van der Waals surface area (Å²) in [7, 11) is 0. The molecule has 3 rings (SSSR count). The molecule has 122 valence electrons. The van der Waals surface area contributed by atoms with Crippen LogP contribution in [0.3, 0.4) is 0 Å². The summed E-state index contributed by atoms with van der Waals surface area (Å²) in [5, 5.41) is 9.07. The normalized spacial score (nSPS) is 19.5. The van der Waals surface area contributed by atoms with Crippen LogP contribution in [0.5, 0.6) is 0 Å². The fourth-order valence-electron chi connectivity index (χ4n) is 2.44. The van der Waals surface area contributed by atoms with Gasteiger partial charge in [-0.3, -0.25) is 9.69 Å². The maximum Gasteiger partial charge on any atom is 0.242 e. The minimum atomic E-state index is -0.0700. The SMILES string of the molecule is CC[C@@H]1S/C(=N\N=C/c2ccccc2)N(Cc2ccccc2)C1=O. The first-order valence-corrected chi connectivity index (χ1v) is 8.84. The standard InChI is InChI=1S/C19H19N3OS/c1-2-17-18(23)22(14-16-11-7-4-8-12-16)19(24-17)21-20-13-15-9-5-3-6-10-15/h3-13,17H,2,14H2,1H3/b20-13-,21-19-/t17-/m0/s1. The third-order valence-corrected chi connectivity index (χ3v) is 5.06. The first kappa shape index (κ1) is 16.5. The van der Waals surface area contributed by atoms with E-state index in [2.05, 4.69) is 10.2 Å². The molecule has 1 amide bonds. The molecule has 2 aromatic carbocycles. The van der Waals surface area contributed by atoms with Gasteiger partial charge in [0, 0.05) is 0 Å². The van der Waals surface area contributed by atoms with Crippen LogP contribution in [0.25, 0.3) is 0 Å². The Morgan fingerprint density at radius 2 is 1.75 bits per heavy atom. The van der Waals surface area contributed by atoms with Gasteiger partial charge < -0.3 is 0 Å². The lowest BCUT2D eigenvalue weighted by Gasteiger charge is -2.15. The van der Waals surface area contributed by atoms with Gasteiger partial charge in [-0.2, -0.15) is 5.10 Å². The van der Waals surface area contributed by atoms with Crippen LogP contribution in [0.2, 0.25) is 0 Å². The summed E-state index contributed by atoms with van der Waals surface area (Å²) in [6.45, 7) is 2.55. The lowest BCUT2D eigenvalue weighted by molar-refractivity contribution is -0.126. The quantitative estimate of drug-likeness (QED) is 0.613. The molecule has 5 heteroatoms. The maximum absolute atomic E-state index is 12.6. The second-order valence-electron chi connectivity index (χ2n) is 5.46. The van der Waals surface area contributed by atoms with E-state index >= 15 is 0 Å². The van der Waals surface area contributed by atoms with E-state index in [-0.39, 0.29) is 11.2 Å². The molecule has 0 aromatic heterocycles. The first-order chi connectivity index (χ1) is 11.8. The molecule has 1 heterocycles. The Labute approximate surface area is 146 Å². The summed E-state index contributed by atoms with van der Waals surface area (Å²) < 4.78 is 0. The fraction of sp³-hybridized carbons (Fsp3) is 0.211. The van der Waals surface area contributed by atoms with E-state index in [9.17, 15) is 4.79 Å². The van der Waals surface area contributed by atoms with Crippen molar-refractivity contribution in [2.75, 3.05) is 0 Å². The van der Waals surface area contributed by atoms with Crippen LogP contribution in [0.4, 0.5) is 0 Å². The third-order valence-electron chi connectivity index (χ3n) is 3.72. The highest BCUT2D eigenvalue weighted by Gasteiger charge is 2.36. The number of carbonyl (C=O) groups is 1. The molecule has 2 aromatic rings. The lowest BCUT2D eigenvalue weighted by atomic mass is 10.2. The topological polar surface area (TPSA) is 45.0 Å². The van der Waals surface area contributed by atoms with Crippen molar-refractivity contribution in [2.45, 2.75) is 25.1 Å². The number of nitrogens with zero attached hydrogens (tertiary/aromatic N) is 3. The second kappa shape index (κ2) is 7.93. The number of thioether (sulfide) groups is 1. The van der Waals surface area contributed by atoms with Crippen molar-refractivity contribution < 1.29 is 4.79 Å². The number of amides is 1. The highest BCUT2D eigenvalue weighted by molar-refractivity contribution is 8.15. The minimum Gasteiger partial charge on any atom is -0.284 e. The molecule has 24 heavy (non-hydrogen) atoms. The van der Waals surface area contributed by atoms with Crippen LogP contribution in [-0.2, 0) is 11.3 Å². The van der Waals surface area contributed by atoms with Crippen molar-refractivity contribution in [3.8, 4) is 0 Å². The number of carbonyl (C=O) groups excluding carboxylic acids is 1.